The van der Waals surface area contributed by atoms with E-state index in [1.807, 2.05) is 11.8 Å². The Balaban J connectivity index is 1.34. The van der Waals surface area contributed by atoms with Gasteiger partial charge in [0.25, 0.3) is 0 Å². The Morgan fingerprint density at radius 3 is 2.83 bits per heavy atom. The molecule has 130 valence electrons. The lowest BCUT2D eigenvalue weighted by Crippen LogP contribution is -2.44. The molecule has 0 radical (unpaired) electrons. The van der Waals surface area contributed by atoms with Crippen LogP contribution in [-0.4, -0.2) is 44.9 Å². The van der Waals surface area contributed by atoms with Gasteiger partial charge in [0.1, 0.15) is 5.82 Å². The van der Waals surface area contributed by atoms with E-state index in [-0.39, 0.29) is 23.8 Å². The number of imidazole rings is 1. The largest absolute Gasteiger partial charge is 0.351 e. The van der Waals surface area contributed by atoms with Crippen LogP contribution in [0.2, 0.25) is 0 Å². The Bertz CT molecular complexity index is 647. The van der Waals surface area contributed by atoms with Gasteiger partial charge in [-0.25, -0.2) is 4.98 Å². The van der Waals surface area contributed by atoms with Crippen LogP contribution in [0.4, 0.5) is 0 Å². The van der Waals surface area contributed by atoms with Crippen molar-refractivity contribution in [2.75, 3.05) is 6.54 Å². The molecule has 1 aromatic rings. The van der Waals surface area contributed by atoms with Crippen molar-refractivity contribution in [3.63, 3.8) is 0 Å². The van der Waals surface area contributed by atoms with E-state index in [1.165, 1.54) is 12.8 Å². The maximum atomic E-state index is 12.6. The molecule has 0 spiro atoms. The quantitative estimate of drug-likeness (QED) is 0.911. The third-order valence-corrected chi connectivity index (χ3v) is 5.75. The number of fused-ring (bicyclic) bond motifs is 1. The summed E-state index contributed by atoms with van der Waals surface area (Å²) in [5.41, 5.74) is 1.03. The molecule has 6 heteroatoms. The third-order valence-electron chi connectivity index (χ3n) is 5.75. The molecule has 1 saturated carbocycles. The molecule has 2 atom stereocenters. The number of carbonyl (C=O) groups is 2. The summed E-state index contributed by atoms with van der Waals surface area (Å²) >= 11 is 0. The van der Waals surface area contributed by atoms with Crippen LogP contribution in [0, 0.1) is 12.8 Å². The minimum absolute atomic E-state index is 0.0501. The van der Waals surface area contributed by atoms with Gasteiger partial charge in [-0.15, -0.1) is 0 Å². The molecule has 1 saturated heterocycles. The van der Waals surface area contributed by atoms with Crippen LogP contribution in [0.3, 0.4) is 0 Å². The summed E-state index contributed by atoms with van der Waals surface area (Å²) in [6.07, 6.45) is 8.88. The molecule has 1 N–H and O–H groups in total. The molecule has 1 aliphatic carbocycles. The SMILES string of the molecule is Cc1cn2c(n1)CC[C@@H](NC(=O)[C@@H]1CC(=O)N(C3CCCC3)C1)C2. The molecule has 24 heavy (non-hydrogen) atoms. The maximum absolute atomic E-state index is 12.6. The fourth-order valence-electron chi connectivity index (χ4n) is 4.50. The Kier molecular flexibility index (Phi) is 4.06. The van der Waals surface area contributed by atoms with E-state index in [9.17, 15) is 9.59 Å². The number of hydrogen-bond acceptors (Lipinski definition) is 3. The molecule has 0 aromatic carbocycles. The average Bonchev–Trinajstić information content (AvgIpc) is 3.25. The molecule has 3 heterocycles. The molecule has 0 unspecified atom stereocenters. The summed E-state index contributed by atoms with van der Waals surface area (Å²) in [5, 5.41) is 3.18. The maximum Gasteiger partial charge on any atom is 0.225 e. The summed E-state index contributed by atoms with van der Waals surface area (Å²) in [5.74, 6) is 1.15. The van der Waals surface area contributed by atoms with Crippen molar-refractivity contribution in [1.29, 1.82) is 0 Å². The molecular weight excluding hydrogens is 304 g/mol. The van der Waals surface area contributed by atoms with Gasteiger partial charge in [0.15, 0.2) is 0 Å². The van der Waals surface area contributed by atoms with Crippen molar-refractivity contribution >= 4 is 11.8 Å². The smallest absolute Gasteiger partial charge is 0.225 e. The summed E-state index contributed by atoms with van der Waals surface area (Å²) < 4.78 is 2.15. The van der Waals surface area contributed by atoms with E-state index in [2.05, 4.69) is 21.1 Å². The zero-order valence-corrected chi connectivity index (χ0v) is 14.3. The summed E-state index contributed by atoms with van der Waals surface area (Å²) in [6.45, 7) is 3.40. The first-order chi connectivity index (χ1) is 11.6. The van der Waals surface area contributed by atoms with Crippen LogP contribution in [0.1, 0.15) is 50.0 Å². The Labute approximate surface area is 142 Å². The van der Waals surface area contributed by atoms with E-state index in [0.717, 1.165) is 43.7 Å². The first kappa shape index (κ1) is 15.7. The van der Waals surface area contributed by atoms with Gasteiger partial charge in [-0.2, -0.15) is 0 Å². The number of hydrogen-bond donors (Lipinski definition) is 1. The van der Waals surface area contributed by atoms with Gasteiger partial charge >= 0.3 is 0 Å². The third kappa shape index (κ3) is 2.94. The average molecular weight is 330 g/mol. The van der Waals surface area contributed by atoms with Gasteiger partial charge < -0.3 is 14.8 Å². The summed E-state index contributed by atoms with van der Waals surface area (Å²) in [7, 11) is 0. The molecule has 4 rings (SSSR count). The highest BCUT2D eigenvalue weighted by molar-refractivity contribution is 5.89. The molecule has 2 aliphatic heterocycles. The lowest BCUT2D eigenvalue weighted by Gasteiger charge is -2.26. The van der Waals surface area contributed by atoms with E-state index >= 15 is 0 Å². The monoisotopic (exact) mass is 330 g/mol. The van der Waals surface area contributed by atoms with Crippen LogP contribution >= 0.6 is 0 Å². The number of aromatic nitrogens is 2. The van der Waals surface area contributed by atoms with Crippen LogP contribution in [-0.2, 0) is 22.6 Å². The fraction of sp³-hybridized carbons (Fsp3) is 0.722. The molecule has 3 aliphatic rings. The Morgan fingerprint density at radius 1 is 1.25 bits per heavy atom. The van der Waals surface area contributed by atoms with Crippen LogP contribution in [0.25, 0.3) is 0 Å². The Morgan fingerprint density at radius 2 is 2.04 bits per heavy atom. The highest BCUT2D eigenvalue weighted by Crippen LogP contribution is 2.29. The molecule has 2 fully saturated rings. The van der Waals surface area contributed by atoms with Crippen molar-refractivity contribution in [3.8, 4) is 0 Å². The first-order valence-electron chi connectivity index (χ1n) is 9.22. The number of nitrogens with one attached hydrogen (secondary N) is 1. The molecule has 2 amide bonds. The number of carbonyl (C=O) groups excluding carboxylic acids is 2. The van der Waals surface area contributed by atoms with E-state index in [4.69, 9.17) is 0 Å². The molecule has 0 bridgehead atoms. The van der Waals surface area contributed by atoms with Crippen molar-refractivity contribution in [3.05, 3.63) is 17.7 Å². The van der Waals surface area contributed by atoms with Gasteiger partial charge in [0.05, 0.1) is 11.6 Å². The normalized spacial score (nSPS) is 27.5. The fourth-order valence-corrected chi connectivity index (χ4v) is 4.50. The second-order valence-corrected chi connectivity index (χ2v) is 7.58. The van der Waals surface area contributed by atoms with Gasteiger partial charge in [0.2, 0.25) is 11.8 Å². The number of likely N-dealkylation sites (tertiary alicyclic amines) is 1. The zero-order valence-electron chi connectivity index (χ0n) is 14.3. The van der Waals surface area contributed by atoms with Gasteiger partial charge in [0, 0.05) is 44.2 Å². The number of amides is 2. The van der Waals surface area contributed by atoms with Gasteiger partial charge in [-0.3, -0.25) is 9.59 Å². The zero-order chi connectivity index (χ0) is 16.7. The lowest BCUT2D eigenvalue weighted by molar-refractivity contribution is -0.130. The second kappa shape index (κ2) is 6.22. The second-order valence-electron chi connectivity index (χ2n) is 7.58. The molecular formula is C18H26N4O2. The first-order valence-corrected chi connectivity index (χ1v) is 9.22. The van der Waals surface area contributed by atoms with Gasteiger partial charge in [-0.1, -0.05) is 12.8 Å². The van der Waals surface area contributed by atoms with Crippen LogP contribution in [0.15, 0.2) is 6.20 Å². The van der Waals surface area contributed by atoms with Crippen LogP contribution < -0.4 is 5.32 Å². The number of nitrogens with zero attached hydrogens (tertiary/aromatic N) is 3. The van der Waals surface area contributed by atoms with Crippen molar-refractivity contribution in [1.82, 2.24) is 19.8 Å². The number of aryl methyl sites for hydroxylation is 2. The lowest BCUT2D eigenvalue weighted by atomic mass is 10.0. The van der Waals surface area contributed by atoms with Crippen LogP contribution in [0.5, 0.6) is 0 Å². The predicted octanol–water partition coefficient (Wildman–Crippen LogP) is 1.41. The topological polar surface area (TPSA) is 67.2 Å². The Hall–Kier alpha value is -1.85. The van der Waals surface area contributed by atoms with E-state index in [0.29, 0.717) is 19.0 Å². The summed E-state index contributed by atoms with van der Waals surface area (Å²) in [6, 6.07) is 0.524. The van der Waals surface area contributed by atoms with Crippen molar-refractivity contribution < 1.29 is 9.59 Å². The van der Waals surface area contributed by atoms with E-state index in [1.54, 1.807) is 0 Å². The molecule has 6 nitrogen and oxygen atoms in total. The van der Waals surface area contributed by atoms with E-state index < -0.39 is 0 Å². The minimum Gasteiger partial charge on any atom is -0.351 e. The highest BCUT2D eigenvalue weighted by atomic mass is 16.2. The van der Waals surface area contributed by atoms with Gasteiger partial charge in [-0.05, 0) is 26.2 Å². The highest BCUT2D eigenvalue weighted by Gasteiger charge is 2.39. The standard InChI is InChI=1S/C18H26N4O2/c1-12-9-21-11-14(6-7-16(21)19-12)20-18(24)13-8-17(23)22(10-13)15-4-2-3-5-15/h9,13-15H,2-8,10-11H2,1H3,(H,20,24)/t13-,14-/m1/s1. The minimum atomic E-state index is -0.177. The number of rotatable bonds is 3. The summed E-state index contributed by atoms with van der Waals surface area (Å²) in [4.78, 5) is 31.4. The predicted molar refractivity (Wildman–Crippen MR) is 89.3 cm³/mol. The molecule has 1 aromatic heterocycles. The van der Waals surface area contributed by atoms with Crippen molar-refractivity contribution in [2.24, 2.45) is 5.92 Å². The van der Waals surface area contributed by atoms with Crippen molar-refractivity contribution in [2.45, 2.75) is 70.5 Å².